The molecule has 1 rings (SSSR count). The molecule has 0 aromatic heterocycles. The van der Waals surface area contributed by atoms with E-state index in [9.17, 15) is 9.90 Å². The third-order valence-corrected chi connectivity index (χ3v) is 2.81. The molecule has 100 valence electrons. The van der Waals surface area contributed by atoms with Gasteiger partial charge in [0.25, 0.3) is 0 Å². The Labute approximate surface area is 107 Å². The predicted octanol–water partition coefficient (Wildman–Crippen LogP) is 0.636. The summed E-state index contributed by atoms with van der Waals surface area (Å²) in [4.78, 5) is 11.8. The summed E-state index contributed by atoms with van der Waals surface area (Å²) in [7, 11) is 0. The first-order valence-electron chi connectivity index (χ1n) is 6.09. The van der Waals surface area contributed by atoms with E-state index in [1.165, 1.54) is 0 Å². The van der Waals surface area contributed by atoms with Gasteiger partial charge in [-0.25, -0.2) is 0 Å². The third kappa shape index (κ3) is 4.35. The molecular formula is C13H21N3O2. The molecular weight excluding hydrogens is 230 g/mol. The Kier molecular flexibility index (Phi) is 5.61. The lowest BCUT2D eigenvalue weighted by atomic mass is 10.1. The molecule has 0 fully saturated rings. The van der Waals surface area contributed by atoms with E-state index in [2.05, 4.69) is 5.32 Å². The van der Waals surface area contributed by atoms with Crippen LogP contribution >= 0.6 is 0 Å². The monoisotopic (exact) mass is 251 g/mol. The molecule has 0 aliphatic rings. The number of amides is 1. The molecule has 0 saturated carbocycles. The van der Waals surface area contributed by atoms with Crippen LogP contribution in [0.1, 0.15) is 31.4 Å². The Morgan fingerprint density at radius 3 is 2.56 bits per heavy atom. The number of phenols is 1. The minimum absolute atomic E-state index is 0.137. The topological polar surface area (TPSA) is 101 Å². The standard InChI is InChI=1S/C13H21N3O2/c1-9(10-4-6-11(17)7-5-10)16-13(18)12(15)3-2-8-14/h4-7,9,12,17H,2-3,8,14-15H2,1H3,(H,16,18). The van der Waals surface area contributed by atoms with Crippen molar-refractivity contribution in [2.75, 3.05) is 6.54 Å². The maximum atomic E-state index is 11.8. The number of aromatic hydroxyl groups is 1. The van der Waals surface area contributed by atoms with Crippen LogP contribution in [-0.4, -0.2) is 23.6 Å². The van der Waals surface area contributed by atoms with Gasteiger partial charge in [-0.2, -0.15) is 0 Å². The zero-order valence-electron chi connectivity index (χ0n) is 10.6. The first-order chi connectivity index (χ1) is 8.54. The Morgan fingerprint density at radius 1 is 1.39 bits per heavy atom. The smallest absolute Gasteiger partial charge is 0.237 e. The highest BCUT2D eigenvalue weighted by Crippen LogP contribution is 2.16. The van der Waals surface area contributed by atoms with Crippen molar-refractivity contribution < 1.29 is 9.90 Å². The summed E-state index contributed by atoms with van der Waals surface area (Å²) >= 11 is 0. The van der Waals surface area contributed by atoms with Crippen molar-refractivity contribution in [2.45, 2.75) is 31.8 Å². The lowest BCUT2D eigenvalue weighted by Gasteiger charge is -2.17. The van der Waals surface area contributed by atoms with Crippen molar-refractivity contribution in [1.82, 2.24) is 5.32 Å². The van der Waals surface area contributed by atoms with Gasteiger partial charge in [-0.05, 0) is 44.0 Å². The highest BCUT2D eigenvalue weighted by atomic mass is 16.3. The number of hydrogen-bond acceptors (Lipinski definition) is 4. The van der Waals surface area contributed by atoms with E-state index in [0.717, 1.165) is 12.0 Å². The number of nitrogens with one attached hydrogen (secondary N) is 1. The van der Waals surface area contributed by atoms with Crippen LogP contribution < -0.4 is 16.8 Å². The fourth-order valence-electron chi connectivity index (χ4n) is 1.64. The zero-order valence-corrected chi connectivity index (χ0v) is 10.6. The predicted molar refractivity (Wildman–Crippen MR) is 70.9 cm³/mol. The summed E-state index contributed by atoms with van der Waals surface area (Å²) in [5.41, 5.74) is 12.0. The number of hydrogen-bond donors (Lipinski definition) is 4. The average molecular weight is 251 g/mol. The molecule has 0 aliphatic carbocycles. The highest BCUT2D eigenvalue weighted by Gasteiger charge is 2.15. The molecule has 18 heavy (non-hydrogen) atoms. The van der Waals surface area contributed by atoms with Gasteiger partial charge >= 0.3 is 0 Å². The number of rotatable bonds is 6. The summed E-state index contributed by atoms with van der Waals surface area (Å²) in [5, 5.41) is 12.0. The molecule has 2 atom stereocenters. The van der Waals surface area contributed by atoms with Crippen LogP contribution in [0.5, 0.6) is 5.75 Å². The molecule has 0 radical (unpaired) electrons. The van der Waals surface area contributed by atoms with Crippen LogP contribution in [0.2, 0.25) is 0 Å². The van der Waals surface area contributed by atoms with Gasteiger partial charge in [-0.1, -0.05) is 12.1 Å². The van der Waals surface area contributed by atoms with Crippen molar-refractivity contribution in [3.63, 3.8) is 0 Å². The minimum atomic E-state index is -0.520. The molecule has 6 N–H and O–H groups in total. The second-order valence-electron chi connectivity index (χ2n) is 4.36. The molecule has 2 unspecified atom stereocenters. The fraction of sp³-hybridized carbons (Fsp3) is 0.462. The molecule has 1 aromatic carbocycles. The van der Waals surface area contributed by atoms with Crippen molar-refractivity contribution in [3.05, 3.63) is 29.8 Å². The van der Waals surface area contributed by atoms with Gasteiger partial charge in [-0.3, -0.25) is 4.79 Å². The molecule has 5 nitrogen and oxygen atoms in total. The number of phenolic OH excluding ortho intramolecular Hbond substituents is 1. The van der Waals surface area contributed by atoms with Crippen molar-refractivity contribution in [3.8, 4) is 5.75 Å². The van der Waals surface area contributed by atoms with Crippen molar-refractivity contribution >= 4 is 5.91 Å². The first-order valence-corrected chi connectivity index (χ1v) is 6.09. The SMILES string of the molecule is CC(NC(=O)C(N)CCCN)c1ccc(O)cc1. The van der Waals surface area contributed by atoms with Crippen molar-refractivity contribution in [2.24, 2.45) is 11.5 Å². The Morgan fingerprint density at radius 2 is 2.00 bits per heavy atom. The Balaban J connectivity index is 2.51. The van der Waals surface area contributed by atoms with E-state index in [4.69, 9.17) is 11.5 Å². The van der Waals surface area contributed by atoms with E-state index in [-0.39, 0.29) is 17.7 Å². The molecule has 1 aromatic rings. The van der Waals surface area contributed by atoms with Gasteiger partial charge in [0, 0.05) is 0 Å². The normalized spacial score (nSPS) is 13.9. The van der Waals surface area contributed by atoms with Crippen LogP contribution in [0, 0.1) is 0 Å². The van der Waals surface area contributed by atoms with Gasteiger partial charge in [0.05, 0.1) is 12.1 Å². The highest BCUT2D eigenvalue weighted by molar-refractivity contribution is 5.81. The van der Waals surface area contributed by atoms with Gasteiger partial charge in [-0.15, -0.1) is 0 Å². The van der Waals surface area contributed by atoms with Crippen molar-refractivity contribution in [1.29, 1.82) is 0 Å². The van der Waals surface area contributed by atoms with Crippen LogP contribution in [0.15, 0.2) is 24.3 Å². The van der Waals surface area contributed by atoms with E-state index < -0.39 is 6.04 Å². The average Bonchev–Trinajstić information content (AvgIpc) is 2.36. The van der Waals surface area contributed by atoms with Gasteiger partial charge in [0.15, 0.2) is 0 Å². The summed E-state index contributed by atoms with van der Waals surface area (Å²) in [6.45, 7) is 2.41. The van der Waals surface area contributed by atoms with Crippen LogP contribution in [0.25, 0.3) is 0 Å². The summed E-state index contributed by atoms with van der Waals surface area (Å²) < 4.78 is 0. The molecule has 0 bridgehead atoms. The van der Waals surface area contributed by atoms with Crippen LogP contribution in [0.3, 0.4) is 0 Å². The van der Waals surface area contributed by atoms with Gasteiger partial charge < -0.3 is 21.9 Å². The largest absolute Gasteiger partial charge is 0.508 e. The Hall–Kier alpha value is -1.59. The van der Waals surface area contributed by atoms with E-state index in [1.807, 2.05) is 6.92 Å². The third-order valence-electron chi connectivity index (χ3n) is 2.81. The zero-order chi connectivity index (χ0) is 13.5. The number of carbonyl (C=O) groups is 1. The minimum Gasteiger partial charge on any atom is -0.508 e. The maximum Gasteiger partial charge on any atom is 0.237 e. The second-order valence-corrected chi connectivity index (χ2v) is 4.36. The second kappa shape index (κ2) is 6.98. The lowest BCUT2D eigenvalue weighted by Crippen LogP contribution is -2.41. The number of nitrogens with two attached hydrogens (primary N) is 2. The molecule has 1 amide bonds. The van der Waals surface area contributed by atoms with Gasteiger partial charge in [0.1, 0.15) is 5.75 Å². The van der Waals surface area contributed by atoms with E-state index in [0.29, 0.717) is 13.0 Å². The fourth-order valence-corrected chi connectivity index (χ4v) is 1.64. The summed E-state index contributed by atoms with van der Waals surface area (Å²) in [6.07, 6.45) is 1.33. The van der Waals surface area contributed by atoms with Crippen LogP contribution in [-0.2, 0) is 4.79 Å². The lowest BCUT2D eigenvalue weighted by molar-refractivity contribution is -0.123. The van der Waals surface area contributed by atoms with Gasteiger partial charge in [0.2, 0.25) is 5.91 Å². The summed E-state index contributed by atoms with van der Waals surface area (Å²) in [6, 6.07) is 6.06. The molecule has 0 spiro atoms. The molecule has 0 heterocycles. The number of benzene rings is 1. The Bertz CT molecular complexity index is 378. The first kappa shape index (κ1) is 14.5. The summed E-state index contributed by atoms with van der Waals surface area (Å²) in [5.74, 6) is 0.0287. The number of carbonyl (C=O) groups excluding carboxylic acids is 1. The quantitative estimate of drug-likeness (QED) is 0.595. The van der Waals surface area contributed by atoms with Crippen LogP contribution in [0.4, 0.5) is 0 Å². The molecule has 0 aliphatic heterocycles. The van der Waals surface area contributed by atoms with E-state index >= 15 is 0 Å². The maximum absolute atomic E-state index is 11.8. The molecule has 5 heteroatoms. The van der Waals surface area contributed by atoms with E-state index in [1.54, 1.807) is 24.3 Å². The molecule has 0 saturated heterocycles.